The average molecular weight is 418 g/mol. The minimum absolute atomic E-state index is 0.0705. The number of benzene rings is 2. The van der Waals surface area contributed by atoms with E-state index < -0.39 is 0 Å². The smallest absolute Gasteiger partial charge is 0.140 e. The quantitative estimate of drug-likeness (QED) is 0.723. The molecule has 0 aliphatic heterocycles. The predicted molar refractivity (Wildman–Crippen MR) is 86.0 cm³/mol. The van der Waals surface area contributed by atoms with Gasteiger partial charge < -0.3 is 10.5 Å². The predicted octanol–water partition coefficient (Wildman–Crippen LogP) is 4.87. The highest BCUT2D eigenvalue weighted by Crippen LogP contribution is 2.33. The number of halogens is 2. The van der Waals surface area contributed by atoms with Gasteiger partial charge in [-0.25, -0.2) is 0 Å². The molecular formula is C14H13BrINO. The van der Waals surface area contributed by atoms with Gasteiger partial charge in [0.1, 0.15) is 11.5 Å². The molecule has 0 aliphatic rings. The van der Waals surface area contributed by atoms with Gasteiger partial charge in [0, 0.05) is 16.1 Å². The SMILES string of the molecule is CC(N)c1cc(Br)ccc1Oc1ccccc1I. The maximum absolute atomic E-state index is 5.97. The summed E-state index contributed by atoms with van der Waals surface area (Å²) in [4.78, 5) is 0. The Kier molecular flexibility index (Phi) is 4.64. The van der Waals surface area contributed by atoms with E-state index >= 15 is 0 Å². The highest BCUT2D eigenvalue weighted by molar-refractivity contribution is 14.1. The molecule has 1 unspecified atom stereocenters. The second-order valence-electron chi connectivity index (χ2n) is 4.00. The summed E-state index contributed by atoms with van der Waals surface area (Å²) in [5, 5.41) is 0. The molecule has 94 valence electrons. The van der Waals surface area contributed by atoms with Crippen molar-refractivity contribution in [1.29, 1.82) is 0 Å². The molecule has 2 N–H and O–H groups in total. The van der Waals surface area contributed by atoms with Crippen LogP contribution < -0.4 is 10.5 Å². The molecule has 18 heavy (non-hydrogen) atoms. The van der Waals surface area contributed by atoms with E-state index in [0.29, 0.717) is 0 Å². The third-order valence-electron chi connectivity index (χ3n) is 2.52. The molecular weight excluding hydrogens is 405 g/mol. The van der Waals surface area contributed by atoms with Crippen molar-refractivity contribution in [3.63, 3.8) is 0 Å². The van der Waals surface area contributed by atoms with Gasteiger partial charge in [0.05, 0.1) is 3.57 Å². The minimum Gasteiger partial charge on any atom is -0.456 e. The average Bonchev–Trinajstić information content (AvgIpc) is 2.34. The van der Waals surface area contributed by atoms with Crippen LogP contribution in [0.15, 0.2) is 46.9 Å². The van der Waals surface area contributed by atoms with Crippen molar-refractivity contribution in [2.75, 3.05) is 0 Å². The number of rotatable bonds is 3. The molecule has 0 bridgehead atoms. The van der Waals surface area contributed by atoms with Crippen molar-refractivity contribution in [3.05, 3.63) is 56.1 Å². The van der Waals surface area contributed by atoms with E-state index in [4.69, 9.17) is 10.5 Å². The molecule has 0 radical (unpaired) electrons. The molecule has 0 spiro atoms. The van der Waals surface area contributed by atoms with Crippen LogP contribution in [-0.2, 0) is 0 Å². The van der Waals surface area contributed by atoms with Gasteiger partial charge in [-0.2, -0.15) is 0 Å². The van der Waals surface area contributed by atoms with E-state index in [1.54, 1.807) is 0 Å². The van der Waals surface area contributed by atoms with Crippen LogP contribution in [0, 0.1) is 3.57 Å². The molecule has 0 fully saturated rings. The van der Waals surface area contributed by atoms with E-state index in [0.717, 1.165) is 25.1 Å². The lowest BCUT2D eigenvalue weighted by molar-refractivity contribution is 0.469. The first-order valence-corrected chi connectivity index (χ1v) is 7.42. The zero-order valence-electron chi connectivity index (χ0n) is 9.86. The van der Waals surface area contributed by atoms with Gasteiger partial charge in [-0.1, -0.05) is 28.1 Å². The topological polar surface area (TPSA) is 35.2 Å². The lowest BCUT2D eigenvalue weighted by Crippen LogP contribution is -2.06. The summed E-state index contributed by atoms with van der Waals surface area (Å²) in [6.45, 7) is 1.95. The zero-order valence-corrected chi connectivity index (χ0v) is 13.6. The number of nitrogens with two attached hydrogens (primary N) is 1. The molecule has 2 nitrogen and oxygen atoms in total. The van der Waals surface area contributed by atoms with E-state index in [9.17, 15) is 0 Å². The molecule has 0 aromatic heterocycles. The van der Waals surface area contributed by atoms with Crippen LogP contribution in [0.25, 0.3) is 0 Å². The second kappa shape index (κ2) is 6.04. The van der Waals surface area contributed by atoms with Crippen LogP contribution >= 0.6 is 38.5 Å². The van der Waals surface area contributed by atoms with Crippen molar-refractivity contribution in [2.45, 2.75) is 13.0 Å². The Bertz CT molecular complexity index is 557. The molecule has 2 aromatic rings. The molecule has 2 aromatic carbocycles. The van der Waals surface area contributed by atoms with Gasteiger partial charge in [-0.3, -0.25) is 0 Å². The molecule has 0 aliphatic carbocycles. The number of ether oxygens (including phenoxy) is 1. The summed E-state index contributed by atoms with van der Waals surface area (Å²) in [5.41, 5.74) is 6.96. The molecule has 0 saturated carbocycles. The Morgan fingerprint density at radius 2 is 1.89 bits per heavy atom. The maximum atomic E-state index is 5.97. The Balaban J connectivity index is 2.37. The molecule has 0 saturated heterocycles. The van der Waals surface area contributed by atoms with E-state index in [1.165, 1.54) is 0 Å². The Hall–Kier alpha value is -0.590. The fourth-order valence-corrected chi connectivity index (χ4v) is 2.49. The van der Waals surface area contributed by atoms with Crippen LogP contribution in [0.5, 0.6) is 11.5 Å². The van der Waals surface area contributed by atoms with E-state index in [1.807, 2.05) is 49.4 Å². The Labute approximate surface area is 129 Å². The first-order valence-electron chi connectivity index (χ1n) is 5.55. The van der Waals surface area contributed by atoms with Crippen LogP contribution in [0.1, 0.15) is 18.5 Å². The highest BCUT2D eigenvalue weighted by Gasteiger charge is 2.10. The summed E-state index contributed by atoms with van der Waals surface area (Å²) in [5.74, 6) is 1.65. The largest absolute Gasteiger partial charge is 0.456 e. The highest BCUT2D eigenvalue weighted by atomic mass is 127. The van der Waals surface area contributed by atoms with Gasteiger partial charge in [0.25, 0.3) is 0 Å². The maximum Gasteiger partial charge on any atom is 0.140 e. The number of hydrogen-bond acceptors (Lipinski definition) is 2. The fraction of sp³-hybridized carbons (Fsp3) is 0.143. The van der Waals surface area contributed by atoms with Crippen molar-refractivity contribution in [2.24, 2.45) is 5.73 Å². The number of hydrogen-bond donors (Lipinski definition) is 1. The Morgan fingerprint density at radius 1 is 1.17 bits per heavy atom. The molecule has 1 atom stereocenters. The third kappa shape index (κ3) is 3.24. The van der Waals surface area contributed by atoms with E-state index in [-0.39, 0.29) is 6.04 Å². The van der Waals surface area contributed by atoms with E-state index in [2.05, 4.69) is 38.5 Å². The summed E-state index contributed by atoms with van der Waals surface area (Å²) in [6, 6.07) is 13.7. The van der Waals surface area contributed by atoms with Gasteiger partial charge in [0.2, 0.25) is 0 Å². The van der Waals surface area contributed by atoms with Gasteiger partial charge >= 0.3 is 0 Å². The van der Waals surface area contributed by atoms with Crippen LogP contribution in [0.4, 0.5) is 0 Å². The molecule has 0 heterocycles. The lowest BCUT2D eigenvalue weighted by atomic mass is 10.1. The summed E-state index contributed by atoms with van der Waals surface area (Å²) < 4.78 is 8.03. The molecule has 0 amide bonds. The summed E-state index contributed by atoms with van der Waals surface area (Å²) in [7, 11) is 0. The van der Waals surface area contributed by atoms with Crippen molar-refractivity contribution >= 4 is 38.5 Å². The molecule has 2 rings (SSSR count). The van der Waals surface area contributed by atoms with Gasteiger partial charge in [-0.15, -0.1) is 0 Å². The van der Waals surface area contributed by atoms with Crippen LogP contribution in [-0.4, -0.2) is 0 Å². The lowest BCUT2D eigenvalue weighted by Gasteiger charge is -2.15. The first kappa shape index (κ1) is 13.8. The van der Waals surface area contributed by atoms with Crippen molar-refractivity contribution < 1.29 is 4.74 Å². The van der Waals surface area contributed by atoms with Gasteiger partial charge in [0.15, 0.2) is 0 Å². The van der Waals surface area contributed by atoms with Crippen LogP contribution in [0.3, 0.4) is 0 Å². The minimum atomic E-state index is -0.0705. The number of para-hydroxylation sites is 1. The van der Waals surface area contributed by atoms with Crippen LogP contribution in [0.2, 0.25) is 0 Å². The fourth-order valence-electron chi connectivity index (χ4n) is 1.61. The summed E-state index contributed by atoms with van der Waals surface area (Å²) in [6.07, 6.45) is 0. The molecule has 4 heteroatoms. The first-order chi connectivity index (χ1) is 8.58. The Morgan fingerprint density at radius 3 is 2.56 bits per heavy atom. The van der Waals surface area contributed by atoms with Crippen molar-refractivity contribution in [3.8, 4) is 11.5 Å². The second-order valence-corrected chi connectivity index (χ2v) is 6.08. The summed E-state index contributed by atoms with van der Waals surface area (Å²) >= 11 is 5.71. The van der Waals surface area contributed by atoms with Gasteiger partial charge in [-0.05, 0) is 59.8 Å². The monoisotopic (exact) mass is 417 g/mol. The zero-order chi connectivity index (χ0) is 13.1. The third-order valence-corrected chi connectivity index (χ3v) is 3.90. The standard InChI is InChI=1S/C14H13BrINO/c1-9(17)11-8-10(15)6-7-13(11)18-14-5-3-2-4-12(14)16/h2-9H,17H2,1H3. The van der Waals surface area contributed by atoms with Crippen molar-refractivity contribution in [1.82, 2.24) is 0 Å². The normalized spacial score (nSPS) is 12.2.